The quantitative estimate of drug-likeness (QED) is 0.232. The van der Waals surface area contributed by atoms with E-state index in [1.165, 1.54) is 13.3 Å². The molecule has 3 aromatic rings. The number of esters is 1. The number of methoxy groups -OCH3 is 2. The largest absolute Gasteiger partial charge is 0.497 e. The van der Waals surface area contributed by atoms with Gasteiger partial charge in [-0.3, -0.25) is 4.79 Å². The van der Waals surface area contributed by atoms with E-state index in [1.54, 1.807) is 67.8 Å². The highest BCUT2D eigenvalue weighted by Gasteiger charge is 2.17. The molecule has 0 aliphatic carbocycles. The topological polar surface area (TPSA) is 86.2 Å². The van der Waals surface area contributed by atoms with E-state index in [4.69, 9.17) is 14.2 Å². The summed E-state index contributed by atoms with van der Waals surface area (Å²) in [6.07, 6.45) is 1.46. The fourth-order valence-electron chi connectivity index (χ4n) is 2.61. The van der Waals surface area contributed by atoms with E-state index in [0.29, 0.717) is 32.7 Å². The third-order valence-corrected chi connectivity index (χ3v) is 4.78. The molecular weight excluding hydrogens is 464 g/mol. The highest BCUT2D eigenvalue weighted by molar-refractivity contribution is 9.10. The van der Waals surface area contributed by atoms with E-state index in [0.717, 1.165) is 0 Å². The number of nitrogens with one attached hydrogen (secondary N) is 1. The van der Waals surface area contributed by atoms with Gasteiger partial charge in [-0.15, -0.1) is 0 Å². The molecule has 0 saturated carbocycles. The minimum absolute atomic E-state index is 0.230. The van der Waals surface area contributed by atoms with Gasteiger partial charge in [-0.05, 0) is 70.0 Å². The third kappa shape index (κ3) is 5.70. The minimum atomic E-state index is -0.543. The van der Waals surface area contributed by atoms with Crippen LogP contribution >= 0.6 is 15.9 Å². The van der Waals surface area contributed by atoms with Gasteiger partial charge in [0.25, 0.3) is 5.91 Å². The first kappa shape index (κ1) is 22.0. The lowest BCUT2D eigenvalue weighted by Gasteiger charge is -2.12. The van der Waals surface area contributed by atoms with E-state index in [1.807, 2.05) is 6.07 Å². The van der Waals surface area contributed by atoms with Gasteiger partial charge in [0, 0.05) is 5.56 Å². The Balaban J connectivity index is 1.73. The fraction of sp³-hybridized carbons (Fsp3) is 0.0870. The molecule has 0 aliphatic heterocycles. The molecule has 0 heterocycles. The predicted molar refractivity (Wildman–Crippen MR) is 120 cm³/mol. The van der Waals surface area contributed by atoms with E-state index in [2.05, 4.69) is 26.5 Å². The van der Waals surface area contributed by atoms with Crippen LogP contribution in [0.3, 0.4) is 0 Å². The number of benzene rings is 3. The van der Waals surface area contributed by atoms with Gasteiger partial charge < -0.3 is 14.2 Å². The van der Waals surface area contributed by atoms with Gasteiger partial charge >= 0.3 is 5.97 Å². The molecule has 0 aromatic heterocycles. The average molecular weight is 483 g/mol. The summed E-state index contributed by atoms with van der Waals surface area (Å²) in [7, 11) is 3.01. The number of hydrazone groups is 1. The molecule has 1 N–H and O–H groups in total. The Morgan fingerprint density at radius 2 is 1.65 bits per heavy atom. The summed E-state index contributed by atoms with van der Waals surface area (Å²) in [4.78, 5) is 24.5. The second kappa shape index (κ2) is 10.4. The molecule has 0 atom stereocenters. The van der Waals surface area contributed by atoms with E-state index in [-0.39, 0.29) is 11.7 Å². The normalized spacial score (nSPS) is 10.5. The van der Waals surface area contributed by atoms with Crippen molar-refractivity contribution in [2.75, 3.05) is 14.2 Å². The molecule has 0 radical (unpaired) electrons. The van der Waals surface area contributed by atoms with E-state index < -0.39 is 5.97 Å². The smallest absolute Gasteiger partial charge is 0.343 e. The van der Waals surface area contributed by atoms with Crippen molar-refractivity contribution in [3.05, 3.63) is 87.9 Å². The second-order valence-electron chi connectivity index (χ2n) is 6.22. The van der Waals surface area contributed by atoms with Gasteiger partial charge in [0.1, 0.15) is 5.75 Å². The first-order chi connectivity index (χ1) is 15.0. The number of ether oxygens (including phenoxy) is 3. The van der Waals surface area contributed by atoms with Crippen molar-refractivity contribution in [2.24, 2.45) is 5.10 Å². The number of carbonyl (C=O) groups excluding carboxylic acids is 2. The van der Waals surface area contributed by atoms with Crippen molar-refractivity contribution in [2.45, 2.75) is 0 Å². The van der Waals surface area contributed by atoms with Crippen LogP contribution in [0.4, 0.5) is 0 Å². The molecule has 158 valence electrons. The fourth-order valence-corrected chi connectivity index (χ4v) is 3.15. The summed E-state index contributed by atoms with van der Waals surface area (Å²) in [5.74, 6) is 0.324. The molecule has 0 saturated heterocycles. The summed E-state index contributed by atoms with van der Waals surface area (Å²) in [5.41, 5.74) is 3.95. The van der Waals surface area contributed by atoms with Crippen LogP contribution in [0.15, 0.2) is 76.3 Å². The molecule has 0 aliphatic rings. The van der Waals surface area contributed by atoms with Crippen LogP contribution in [0.2, 0.25) is 0 Å². The van der Waals surface area contributed by atoms with Gasteiger partial charge in [0.2, 0.25) is 0 Å². The number of halogens is 1. The van der Waals surface area contributed by atoms with Crippen molar-refractivity contribution in [3.8, 4) is 17.2 Å². The zero-order valence-electron chi connectivity index (χ0n) is 16.8. The number of hydrogen-bond donors (Lipinski definition) is 1. The van der Waals surface area contributed by atoms with Crippen LogP contribution in [0, 0.1) is 0 Å². The lowest BCUT2D eigenvalue weighted by Crippen LogP contribution is -2.17. The second-order valence-corrected chi connectivity index (χ2v) is 7.07. The first-order valence-corrected chi connectivity index (χ1v) is 9.93. The van der Waals surface area contributed by atoms with Gasteiger partial charge in [-0.2, -0.15) is 5.10 Å². The highest BCUT2D eigenvalue weighted by Crippen LogP contribution is 2.37. The monoisotopic (exact) mass is 482 g/mol. The van der Waals surface area contributed by atoms with Gasteiger partial charge in [-0.1, -0.05) is 18.2 Å². The van der Waals surface area contributed by atoms with Crippen LogP contribution in [0.5, 0.6) is 17.2 Å². The molecule has 1 amide bonds. The SMILES string of the molecule is COc1ccc(C(=O)Oc2c(Br)cc(C=NNC(=O)c3ccccc3)cc2OC)cc1. The Morgan fingerprint density at radius 1 is 0.935 bits per heavy atom. The first-order valence-electron chi connectivity index (χ1n) is 9.14. The van der Waals surface area contributed by atoms with Crippen molar-refractivity contribution in [1.82, 2.24) is 5.43 Å². The zero-order chi connectivity index (χ0) is 22.2. The van der Waals surface area contributed by atoms with Crippen LogP contribution in [0.25, 0.3) is 0 Å². The van der Waals surface area contributed by atoms with Gasteiger partial charge in [-0.25, -0.2) is 10.2 Å². The Bertz CT molecular complexity index is 1100. The standard InChI is InChI=1S/C23H19BrN2O5/c1-29-18-10-8-17(9-11-18)23(28)31-21-19(24)12-15(13-20(21)30-2)14-25-26-22(27)16-6-4-3-5-7-16/h3-14H,1-2H3,(H,26,27). The average Bonchev–Trinajstić information content (AvgIpc) is 2.81. The summed E-state index contributed by atoms with van der Waals surface area (Å²) in [6.45, 7) is 0. The van der Waals surface area contributed by atoms with Crippen molar-refractivity contribution in [1.29, 1.82) is 0 Å². The lowest BCUT2D eigenvalue weighted by molar-refractivity contribution is 0.0728. The summed E-state index contributed by atoms with van der Waals surface area (Å²) < 4.78 is 16.5. The van der Waals surface area contributed by atoms with Crippen LogP contribution in [0.1, 0.15) is 26.3 Å². The maximum absolute atomic E-state index is 12.5. The molecule has 0 bridgehead atoms. The van der Waals surface area contributed by atoms with Gasteiger partial charge in [0.15, 0.2) is 11.5 Å². The number of amides is 1. The minimum Gasteiger partial charge on any atom is -0.497 e. The Morgan fingerprint density at radius 3 is 2.29 bits per heavy atom. The molecule has 0 unspecified atom stereocenters. The molecule has 0 spiro atoms. The Hall–Kier alpha value is -3.65. The summed E-state index contributed by atoms with van der Waals surface area (Å²) >= 11 is 3.39. The number of nitrogens with zero attached hydrogens (tertiary/aromatic N) is 1. The zero-order valence-corrected chi connectivity index (χ0v) is 18.4. The van der Waals surface area contributed by atoms with Gasteiger partial charge in [0.05, 0.1) is 30.5 Å². The van der Waals surface area contributed by atoms with Crippen LogP contribution < -0.4 is 19.6 Å². The molecule has 3 rings (SSSR count). The Labute approximate surface area is 187 Å². The molecule has 0 fully saturated rings. The number of hydrogen-bond acceptors (Lipinski definition) is 6. The van der Waals surface area contributed by atoms with E-state index >= 15 is 0 Å². The number of carbonyl (C=O) groups is 2. The molecule has 8 heteroatoms. The maximum atomic E-state index is 12.5. The third-order valence-electron chi connectivity index (χ3n) is 4.19. The Kier molecular flexibility index (Phi) is 7.40. The predicted octanol–water partition coefficient (Wildman–Crippen LogP) is 4.45. The summed E-state index contributed by atoms with van der Waals surface area (Å²) in [5, 5.41) is 3.97. The van der Waals surface area contributed by atoms with Crippen LogP contribution in [-0.4, -0.2) is 32.3 Å². The van der Waals surface area contributed by atoms with Crippen molar-refractivity contribution >= 4 is 34.0 Å². The lowest BCUT2D eigenvalue weighted by atomic mass is 10.2. The number of rotatable bonds is 7. The summed E-state index contributed by atoms with van der Waals surface area (Å²) in [6, 6.07) is 18.6. The molecular formula is C23H19BrN2O5. The molecule has 7 nitrogen and oxygen atoms in total. The van der Waals surface area contributed by atoms with Crippen molar-refractivity contribution in [3.63, 3.8) is 0 Å². The van der Waals surface area contributed by atoms with Crippen LogP contribution in [-0.2, 0) is 0 Å². The maximum Gasteiger partial charge on any atom is 0.343 e. The van der Waals surface area contributed by atoms with E-state index in [9.17, 15) is 9.59 Å². The molecule has 31 heavy (non-hydrogen) atoms. The van der Waals surface area contributed by atoms with Crippen molar-refractivity contribution < 1.29 is 23.8 Å². The highest BCUT2D eigenvalue weighted by atomic mass is 79.9. The molecule has 3 aromatic carbocycles.